The molecule has 0 unspecified atom stereocenters. The van der Waals surface area contributed by atoms with Gasteiger partial charge in [-0.3, -0.25) is 4.79 Å². The molecule has 1 aliphatic carbocycles. The average molecular weight is 370 g/mol. The molecule has 3 rings (SSSR count). The van der Waals surface area contributed by atoms with Crippen LogP contribution in [0, 0.1) is 0 Å². The first kappa shape index (κ1) is 19.6. The van der Waals surface area contributed by atoms with E-state index in [0.29, 0.717) is 24.8 Å². The average Bonchev–Trinajstić information content (AvgIpc) is 2.72. The molecular weight excluding hydrogens is 338 g/mol. The number of nitrogens with one attached hydrogen (secondary N) is 1. The summed E-state index contributed by atoms with van der Waals surface area (Å²) in [7, 11) is 2.10. The molecule has 0 saturated heterocycles. The summed E-state index contributed by atoms with van der Waals surface area (Å²) in [5.41, 5.74) is 1.55. The minimum absolute atomic E-state index is 0.0630. The number of amides is 1. The van der Waals surface area contributed by atoms with E-state index in [4.69, 9.17) is 9.72 Å². The zero-order valence-corrected chi connectivity index (χ0v) is 16.5. The largest absolute Gasteiger partial charge is 0.380 e. The minimum atomic E-state index is -0.0630. The van der Waals surface area contributed by atoms with Crippen LogP contribution in [-0.4, -0.2) is 43.7 Å². The van der Waals surface area contributed by atoms with Crippen LogP contribution in [0.25, 0.3) is 10.9 Å². The summed E-state index contributed by atoms with van der Waals surface area (Å²) in [4.78, 5) is 19.9. The van der Waals surface area contributed by atoms with E-state index in [1.165, 1.54) is 32.1 Å². The smallest absolute Gasteiger partial charge is 0.252 e. The number of hydrogen-bond donors (Lipinski definition) is 1. The first-order chi connectivity index (χ1) is 13.2. The third-order valence-electron chi connectivity index (χ3n) is 5.31. The molecule has 0 spiro atoms. The normalized spacial score (nSPS) is 15.0. The molecule has 5 heteroatoms. The summed E-state index contributed by atoms with van der Waals surface area (Å²) in [6, 6.07) is 10.3. The van der Waals surface area contributed by atoms with Gasteiger partial charge >= 0.3 is 0 Å². The Labute approximate surface area is 162 Å². The second-order valence-corrected chi connectivity index (χ2v) is 7.32. The fraction of sp³-hybridized carbons (Fsp3) is 0.545. The summed E-state index contributed by atoms with van der Waals surface area (Å²) in [6.07, 6.45) is 7.24. The maximum absolute atomic E-state index is 12.8. The van der Waals surface area contributed by atoms with Crippen molar-refractivity contribution < 1.29 is 9.53 Å². The lowest BCUT2D eigenvalue weighted by Crippen LogP contribution is -2.34. The van der Waals surface area contributed by atoms with Crippen LogP contribution in [0.4, 0.5) is 5.82 Å². The second-order valence-electron chi connectivity index (χ2n) is 7.32. The van der Waals surface area contributed by atoms with Gasteiger partial charge in [0, 0.05) is 31.6 Å². The third-order valence-corrected chi connectivity index (χ3v) is 5.31. The van der Waals surface area contributed by atoms with Crippen molar-refractivity contribution >= 4 is 22.6 Å². The highest BCUT2D eigenvalue weighted by atomic mass is 16.5. The quantitative estimate of drug-likeness (QED) is 0.710. The van der Waals surface area contributed by atoms with E-state index in [2.05, 4.69) is 24.2 Å². The number of hydrogen-bond acceptors (Lipinski definition) is 4. The fourth-order valence-corrected chi connectivity index (χ4v) is 3.76. The number of para-hydroxylation sites is 1. The van der Waals surface area contributed by atoms with Gasteiger partial charge in [-0.15, -0.1) is 0 Å². The molecule has 0 bridgehead atoms. The molecule has 1 amide bonds. The van der Waals surface area contributed by atoms with Crippen LogP contribution in [0.5, 0.6) is 0 Å². The summed E-state index contributed by atoms with van der Waals surface area (Å²) >= 11 is 0. The van der Waals surface area contributed by atoms with Crippen molar-refractivity contribution in [3.05, 3.63) is 35.9 Å². The Balaban J connectivity index is 1.81. The molecule has 1 saturated carbocycles. The first-order valence-electron chi connectivity index (χ1n) is 10.2. The monoisotopic (exact) mass is 369 g/mol. The maximum atomic E-state index is 12.8. The Morgan fingerprint density at radius 3 is 2.78 bits per heavy atom. The molecule has 0 radical (unpaired) electrons. The summed E-state index contributed by atoms with van der Waals surface area (Å²) in [5, 5.41) is 3.88. The van der Waals surface area contributed by atoms with E-state index in [1.807, 2.05) is 30.3 Å². The van der Waals surface area contributed by atoms with Crippen LogP contribution in [0.1, 0.15) is 55.8 Å². The van der Waals surface area contributed by atoms with Crippen molar-refractivity contribution in [2.45, 2.75) is 51.5 Å². The van der Waals surface area contributed by atoms with Crippen LogP contribution in [0.15, 0.2) is 30.3 Å². The van der Waals surface area contributed by atoms with E-state index in [9.17, 15) is 4.79 Å². The van der Waals surface area contributed by atoms with Crippen molar-refractivity contribution in [3.63, 3.8) is 0 Å². The predicted molar refractivity (Wildman–Crippen MR) is 110 cm³/mol. The van der Waals surface area contributed by atoms with Gasteiger partial charge in [0.1, 0.15) is 5.82 Å². The molecule has 2 aromatic rings. The molecule has 1 aliphatic rings. The highest BCUT2D eigenvalue weighted by molar-refractivity contribution is 6.07. The van der Waals surface area contributed by atoms with Gasteiger partial charge in [-0.05, 0) is 31.4 Å². The summed E-state index contributed by atoms with van der Waals surface area (Å²) in [5.74, 6) is 0.819. The van der Waals surface area contributed by atoms with Crippen molar-refractivity contribution in [1.29, 1.82) is 0 Å². The van der Waals surface area contributed by atoms with Gasteiger partial charge in [-0.2, -0.15) is 0 Å². The van der Waals surface area contributed by atoms with Gasteiger partial charge in [0.2, 0.25) is 0 Å². The molecule has 1 aromatic heterocycles. The van der Waals surface area contributed by atoms with Crippen molar-refractivity contribution in [1.82, 2.24) is 10.3 Å². The summed E-state index contributed by atoms with van der Waals surface area (Å²) < 4.78 is 5.46. The number of anilines is 1. The second kappa shape index (κ2) is 9.70. The van der Waals surface area contributed by atoms with Crippen LogP contribution < -0.4 is 10.2 Å². The Bertz CT molecular complexity index is 756. The molecule has 27 heavy (non-hydrogen) atoms. The number of ether oxygens (including phenoxy) is 1. The van der Waals surface area contributed by atoms with E-state index < -0.39 is 0 Å². The van der Waals surface area contributed by atoms with Gasteiger partial charge in [0.15, 0.2) is 0 Å². The van der Waals surface area contributed by atoms with E-state index in [-0.39, 0.29) is 5.91 Å². The topological polar surface area (TPSA) is 54.5 Å². The number of aromatic nitrogens is 1. The Hall–Kier alpha value is -2.14. The van der Waals surface area contributed by atoms with Crippen LogP contribution in [-0.2, 0) is 4.74 Å². The maximum Gasteiger partial charge on any atom is 0.252 e. The molecule has 146 valence electrons. The van der Waals surface area contributed by atoms with Crippen LogP contribution in [0.2, 0.25) is 0 Å². The highest BCUT2D eigenvalue weighted by Crippen LogP contribution is 2.28. The SMILES string of the molecule is CCCOCCNC(=O)c1cc(N(C)C2CCCCC2)nc2ccccc12. The highest BCUT2D eigenvalue weighted by Gasteiger charge is 2.21. The Morgan fingerprint density at radius 1 is 1.22 bits per heavy atom. The lowest BCUT2D eigenvalue weighted by atomic mass is 9.94. The number of rotatable bonds is 8. The first-order valence-corrected chi connectivity index (χ1v) is 10.2. The third kappa shape index (κ3) is 4.98. The number of pyridine rings is 1. The van der Waals surface area contributed by atoms with Gasteiger partial charge < -0.3 is 15.0 Å². The van der Waals surface area contributed by atoms with Crippen LogP contribution >= 0.6 is 0 Å². The summed E-state index contributed by atoms with van der Waals surface area (Å²) in [6.45, 7) is 3.86. The van der Waals surface area contributed by atoms with Gasteiger partial charge in [-0.1, -0.05) is 44.4 Å². The van der Waals surface area contributed by atoms with E-state index in [0.717, 1.165) is 29.7 Å². The standard InChI is InChI=1S/C22H31N3O2/c1-3-14-27-15-13-23-22(26)19-16-21(24-20-12-8-7-11-18(19)20)25(2)17-9-5-4-6-10-17/h7-8,11-12,16-17H,3-6,9-10,13-15H2,1-2H3,(H,23,26). The Morgan fingerprint density at radius 2 is 2.00 bits per heavy atom. The Kier molecular flexibility index (Phi) is 7.04. The number of benzene rings is 1. The molecule has 0 atom stereocenters. The van der Waals surface area contributed by atoms with E-state index in [1.54, 1.807) is 0 Å². The molecule has 1 aromatic carbocycles. The number of carbonyl (C=O) groups is 1. The van der Waals surface area contributed by atoms with Crippen molar-refractivity contribution in [2.24, 2.45) is 0 Å². The molecular formula is C22H31N3O2. The zero-order chi connectivity index (χ0) is 19.1. The predicted octanol–water partition coefficient (Wildman–Crippen LogP) is 4.16. The fourth-order valence-electron chi connectivity index (χ4n) is 3.76. The molecule has 0 aliphatic heterocycles. The molecule has 1 N–H and O–H groups in total. The van der Waals surface area contributed by atoms with Crippen LogP contribution in [0.3, 0.4) is 0 Å². The lowest BCUT2D eigenvalue weighted by Gasteiger charge is -2.32. The molecule has 1 fully saturated rings. The lowest BCUT2D eigenvalue weighted by molar-refractivity contribution is 0.0917. The number of nitrogens with zero attached hydrogens (tertiary/aromatic N) is 2. The number of fused-ring (bicyclic) bond motifs is 1. The van der Waals surface area contributed by atoms with Gasteiger partial charge in [0.05, 0.1) is 17.7 Å². The molecule has 1 heterocycles. The minimum Gasteiger partial charge on any atom is -0.380 e. The molecule has 5 nitrogen and oxygen atoms in total. The van der Waals surface area contributed by atoms with E-state index >= 15 is 0 Å². The van der Waals surface area contributed by atoms with Gasteiger partial charge in [-0.25, -0.2) is 4.98 Å². The number of carbonyl (C=O) groups excluding carboxylic acids is 1. The zero-order valence-electron chi connectivity index (χ0n) is 16.5. The van der Waals surface area contributed by atoms with Gasteiger partial charge in [0.25, 0.3) is 5.91 Å². The van der Waals surface area contributed by atoms with Crippen molar-refractivity contribution in [2.75, 3.05) is 31.7 Å². The van der Waals surface area contributed by atoms with Crippen molar-refractivity contribution in [3.8, 4) is 0 Å².